The molecule has 0 saturated carbocycles. The Morgan fingerprint density at radius 1 is 1.40 bits per heavy atom. The molecule has 0 aliphatic rings. The molecule has 0 radical (unpaired) electrons. The van der Waals surface area contributed by atoms with Crippen molar-refractivity contribution in [3.63, 3.8) is 0 Å². The lowest BCUT2D eigenvalue weighted by molar-refractivity contribution is -0.121. The van der Waals surface area contributed by atoms with Crippen LogP contribution < -0.4 is 5.32 Å². The second-order valence-electron chi connectivity index (χ2n) is 3.68. The Morgan fingerprint density at radius 2 is 2.00 bits per heavy atom. The topological polar surface area (TPSA) is 29.1 Å². The normalized spacial score (nSPS) is 12.2. The Labute approximate surface area is 89.5 Å². The van der Waals surface area contributed by atoms with Gasteiger partial charge in [0, 0.05) is 6.04 Å². The van der Waals surface area contributed by atoms with Crippen molar-refractivity contribution in [3.8, 4) is 0 Å². The zero-order chi connectivity index (χ0) is 11.3. The minimum atomic E-state index is -0.277. The third-order valence-electron chi connectivity index (χ3n) is 2.30. The molecule has 0 heterocycles. The molecule has 1 rings (SSSR count). The van der Waals surface area contributed by atoms with Gasteiger partial charge in [0.05, 0.1) is 6.42 Å². The summed E-state index contributed by atoms with van der Waals surface area (Å²) in [6.45, 7) is 3.98. The number of nitrogens with one attached hydrogen (secondary N) is 1. The number of amides is 1. The van der Waals surface area contributed by atoms with E-state index >= 15 is 0 Å². The van der Waals surface area contributed by atoms with Crippen LogP contribution in [0, 0.1) is 5.82 Å². The molecule has 0 saturated heterocycles. The summed E-state index contributed by atoms with van der Waals surface area (Å²) in [5.74, 6) is -0.294. The molecule has 0 aliphatic heterocycles. The van der Waals surface area contributed by atoms with Gasteiger partial charge in [0.25, 0.3) is 0 Å². The van der Waals surface area contributed by atoms with E-state index in [1.165, 1.54) is 12.1 Å². The fraction of sp³-hybridized carbons (Fsp3) is 0.417. The molecule has 3 heteroatoms. The molecule has 0 spiro atoms. The molecule has 0 aromatic heterocycles. The molecular weight excluding hydrogens is 193 g/mol. The standard InChI is InChI=1S/C12H16FNO/c1-3-9(2)14-12(15)8-10-4-6-11(13)7-5-10/h4-7,9H,3,8H2,1-2H3,(H,14,15)/t9-/m1/s1. The van der Waals surface area contributed by atoms with Gasteiger partial charge in [0.2, 0.25) is 5.91 Å². The van der Waals surface area contributed by atoms with Gasteiger partial charge in [0.15, 0.2) is 0 Å². The Hall–Kier alpha value is -1.38. The number of rotatable bonds is 4. The molecule has 1 aromatic carbocycles. The third kappa shape index (κ3) is 4.11. The van der Waals surface area contributed by atoms with E-state index in [1.54, 1.807) is 12.1 Å². The third-order valence-corrected chi connectivity index (χ3v) is 2.30. The van der Waals surface area contributed by atoms with Crippen molar-refractivity contribution < 1.29 is 9.18 Å². The van der Waals surface area contributed by atoms with Gasteiger partial charge in [-0.3, -0.25) is 4.79 Å². The summed E-state index contributed by atoms with van der Waals surface area (Å²) >= 11 is 0. The zero-order valence-electron chi connectivity index (χ0n) is 9.09. The van der Waals surface area contributed by atoms with Crippen LogP contribution in [0.15, 0.2) is 24.3 Å². The fourth-order valence-corrected chi connectivity index (χ4v) is 1.22. The maximum absolute atomic E-state index is 12.6. The minimum Gasteiger partial charge on any atom is -0.353 e. The highest BCUT2D eigenvalue weighted by Gasteiger charge is 2.06. The highest BCUT2D eigenvalue weighted by atomic mass is 19.1. The van der Waals surface area contributed by atoms with Crippen LogP contribution in [0.5, 0.6) is 0 Å². The number of carbonyl (C=O) groups excluding carboxylic acids is 1. The van der Waals surface area contributed by atoms with Crippen LogP contribution in [0.3, 0.4) is 0 Å². The van der Waals surface area contributed by atoms with Crippen LogP contribution in [0.25, 0.3) is 0 Å². The maximum atomic E-state index is 12.6. The van der Waals surface area contributed by atoms with Gasteiger partial charge >= 0.3 is 0 Å². The van der Waals surface area contributed by atoms with Crippen molar-refractivity contribution >= 4 is 5.91 Å². The van der Waals surface area contributed by atoms with E-state index in [1.807, 2.05) is 13.8 Å². The van der Waals surface area contributed by atoms with Crippen molar-refractivity contribution in [1.82, 2.24) is 5.32 Å². The summed E-state index contributed by atoms with van der Waals surface area (Å²) in [7, 11) is 0. The van der Waals surface area contributed by atoms with Crippen LogP contribution >= 0.6 is 0 Å². The number of hydrogen-bond donors (Lipinski definition) is 1. The van der Waals surface area contributed by atoms with Crippen molar-refractivity contribution in [2.45, 2.75) is 32.7 Å². The Bertz CT molecular complexity index is 321. The Morgan fingerprint density at radius 3 is 2.53 bits per heavy atom. The molecular formula is C12H16FNO. The molecule has 0 fully saturated rings. The minimum absolute atomic E-state index is 0.0176. The average Bonchev–Trinajstić information content (AvgIpc) is 2.21. The first-order valence-corrected chi connectivity index (χ1v) is 5.15. The quantitative estimate of drug-likeness (QED) is 0.809. The van der Waals surface area contributed by atoms with Gasteiger partial charge in [-0.05, 0) is 31.0 Å². The molecule has 1 amide bonds. The monoisotopic (exact) mass is 209 g/mol. The number of benzene rings is 1. The summed E-state index contributed by atoms with van der Waals surface area (Å²) < 4.78 is 12.6. The lowest BCUT2D eigenvalue weighted by atomic mass is 10.1. The average molecular weight is 209 g/mol. The van der Waals surface area contributed by atoms with Crippen LogP contribution in [0.2, 0.25) is 0 Å². The summed E-state index contributed by atoms with van der Waals surface area (Å²) in [6, 6.07) is 6.19. The summed E-state index contributed by atoms with van der Waals surface area (Å²) in [5, 5.41) is 2.86. The smallest absolute Gasteiger partial charge is 0.224 e. The summed E-state index contributed by atoms with van der Waals surface area (Å²) in [6.07, 6.45) is 1.22. The largest absolute Gasteiger partial charge is 0.353 e. The molecule has 82 valence electrons. The van der Waals surface area contributed by atoms with E-state index in [-0.39, 0.29) is 17.8 Å². The SMILES string of the molecule is CC[C@@H](C)NC(=O)Cc1ccc(F)cc1. The van der Waals surface area contributed by atoms with Gasteiger partial charge in [0.1, 0.15) is 5.82 Å². The second kappa shape index (κ2) is 5.49. The van der Waals surface area contributed by atoms with Crippen molar-refractivity contribution in [2.24, 2.45) is 0 Å². The second-order valence-corrected chi connectivity index (χ2v) is 3.68. The van der Waals surface area contributed by atoms with E-state index in [2.05, 4.69) is 5.32 Å². The van der Waals surface area contributed by atoms with Crippen LogP contribution in [-0.4, -0.2) is 11.9 Å². The number of hydrogen-bond acceptors (Lipinski definition) is 1. The van der Waals surface area contributed by atoms with Crippen molar-refractivity contribution in [3.05, 3.63) is 35.6 Å². The highest BCUT2D eigenvalue weighted by Crippen LogP contribution is 2.03. The van der Waals surface area contributed by atoms with Crippen LogP contribution in [0.1, 0.15) is 25.8 Å². The molecule has 15 heavy (non-hydrogen) atoms. The predicted molar refractivity (Wildman–Crippen MR) is 58.0 cm³/mol. The molecule has 0 aliphatic carbocycles. The highest BCUT2D eigenvalue weighted by molar-refractivity contribution is 5.78. The molecule has 1 N–H and O–H groups in total. The van der Waals surface area contributed by atoms with E-state index in [9.17, 15) is 9.18 Å². The van der Waals surface area contributed by atoms with E-state index < -0.39 is 0 Å². The van der Waals surface area contributed by atoms with E-state index in [0.29, 0.717) is 6.42 Å². The van der Waals surface area contributed by atoms with E-state index in [0.717, 1.165) is 12.0 Å². The molecule has 0 bridgehead atoms. The first-order chi connectivity index (χ1) is 7.11. The Kier molecular flexibility index (Phi) is 4.28. The van der Waals surface area contributed by atoms with Gasteiger partial charge in [-0.2, -0.15) is 0 Å². The first kappa shape index (κ1) is 11.7. The van der Waals surface area contributed by atoms with Crippen molar-refractivity contribution in [2.75, 3.05) is 0 Å². The van der Waals surface area contributed by atoms with Gasteiger partial charge in [-0.25, -0.2) is 4.39 Å². The van der Waals surface area contributed by atoms with Gasteiger partial charge < -0.3 is 5.32 Å². The Balaban J connectivity index is 2.48. The van der Waals surface area contributed by atoms with E-state index in [4.69, 9.17) is 0 Å². The fourth-order valence-electron chi connectivity index (χ4n) is 1.22. The summed E-state index contributed by atoms with van der Waals surface area (Å²) in [4.78, 5) is 11.5. The van der Waals surface area contributed by atoms with Gasteiger partial charge in [-0.1, -0.05) is 19.1 Å². The maximum Gasteiger partial charge on any atom is 0.224 e. The molecule has 1 aromatic rings. The summed E-state index contributed by atoms with van der Waals surface area (Å²) in [5.41, 5.74) is 0.831. The van der Waals surface area contributed by atoms with Gasteiger partial charge in [-0.15, -0.1) is 0 Å². The number of halogens is 1. The molecule has 2 nitrogen and oxygen atoms in total. The lowest BCUT2D eigenvalue weighted by Gasteiger charge is -2.11. The van der Waals surface area contributed by atoms with Crippen LogP contribution in [0.4, 0.5) is 4.39 Å². The molecule has 0 unspecified atom stereocenters. The first-order valence-electron chi connectivity index (χ1n) is 5.15. The van der Waals surface area contributed by atoms with Crippen LogP contribution in [-0.2, 0) is 11.2 Å². The van der Waals surface area contributed by atoms with Crippen molar-refractivity contribution in [1.29, 1.82) is 0 Å². The predicted octanol–water partition coefficient (Wildman–Crippen LogP) is 2.28. The molecule has 1 atom stereocenters. The lowest BCUT2D eigenvalue weighted by Crippen LogP contribution is -2.33. The number of carbonyl (C=O) groups is 1. The zero-order valence-corrected chi connectivity index (χ0v) is 9.09.